The molecule has 1 aliphatic rings. The number of nitrogens with zero attached hydrogens (tertiary/aromatic N) is 2. The maximum atomic E-state index is 12.2. The number of carbonyl (C=O) groups excluding carboxylic acids is 2. The van der Waals surface area contributed by atoms with E-state index in [9.17, 15) is 9.59 Å². The predicted octanol–water partition coefficient (Wildman–Crippen LogP) is 2.46. The number of piperazine rings is 1. The van der Waals surface area contributed by atoms with Crippen LogP contribution in [0.15, 0.2) is 18.2 Å². The molecule has 2 rings (SSSR count). The second-order valence-corrected chi connectivity index (χ2v) is 8.43. The zero-order valence-corrected chi connectivity index (χ0v) is 17.0. The molecule has 1 aliphatic heterocycles. The van der Waals surface area contributed by atoms with Gasteiger partial charge in [-0.3, -0.25) is 19.4 Å². The Morgan fingerprint density at radius 3 is 1.85 bits per heavy atom. The Balaban J connectivity index is 1.74. The van der Waals surface area contributed by atoms with Crippen molar-refractivity contribution in [3.8, 4) is 0 Å². The number of halogens is 2. The van der Waals surface area contributed by atoms with Crippen LogP contribution in [0.4, 0.5) is 5.69 Å². The van der Waals surface area contributed by atoms with Crippen molar-refractivity contribution in [2.45, 2.75) is 26.3 Å². The van der Waals surface area contributed by atoms with Gasteiger partial charge in [0.05, 0.1) is 13.1 Å². The average Bonchev–Trinajstić information content (AvgIpc) is 2.46. The highest BCUT2D eigenvalue weighted by atomic mass is 35.5. The van der Waals surface area contributed by atoms with E-state index in [2.05, 4.69) is 20.4 Å². The largest absolute Gasteiger partial charge is 0.350 e. The smallest absolute Gasteiger partial charge is 0.238 e. The van der Waals surface area contributed by atoms with Crippen LogP contribution in [-0.2, 0) is 9.59 Å². The van der Waals surface area contributed by atoms with Gasteiger partial charge in [-0.15, -0.1) is 0 Å². The van der Waals surface area contributed by atoms with Gasteiger partial charge in [0.2, 0.25) is 11.8 Å². The van der Waals surface area contributed by atoms with E-state index in [1.165, 1.54) is 0 Å². The first-order chi connectivity index (χ1) is 12.1. The summed E-state index contributed by atoms with van der Waals surface area (Å²) in [4.78, 5) is 28.4. The van der Waals surface area contributed by atoms with Gasteiger partial charge in [-0.1, -0.05) is 23.2 Å². The first kappa shape index (κ1) is 21.0. The van der Waals surface area contributed by atoms with Crippen LogP contribution in [0.25, 0.3) is 0 Å². The molecule has 0 atom stereocenters. The standard InChI is InChI=1S/C18H26Cl2N4O2/c1-18(2,3)22-17(26)12-24-6-4-23(5-7-24)11-16(25)21-15-9-13(19)8-14(20)10-15/h8-10H,4-7,11-12H2,1-3H3,(H,21,25)(H,22,26). The minimum Gasteiger partial charge on any atom is -0.350 e. The average molecular weight is 401 g/mol. The van der Waals surface area contributed by atoms with Crippen LogP contribution in [-0.4, -0.2) is 66.4 Å². The Morgan fingerprint density at radius 1 is 0.923 bits per heavy atom. The maximum Gasteiger partial charge on any atom is 0.238 e. The summed E-state index contributed by atoms with van der Waals surface area (Å²) >= 11 is 11.9. The van der Waals surface area contributed by atoms with E-state index < -0.39 is 0 Å². The highest BCUT2D eigenvalue weighted by Crippen LogP contribution is 2.22. The van der Waals surface area contributed by atoms with Crippen molar-refractivity contribution >= 4 is 40.7 Å². The molecule has 2 amide bonds. The van der Waals surface area contributed by atoms with E-state index in [1.807, 2.05) is 20.8 Å². The van der Waals surface area contributed by atoms with Crippen molar-refractivity contribution in [1.82, 2.24) is 15.1 Å². The third kappa shape index (κ3) is 7.50. The zero-order chi connectivity index (χ0) is 19.3. The number of carbonyl (C=O) groups is 2. The van der Waals surface area contributed by atoms with Gasteiger partial charge in [0, 0.05) is 47.5 Å². The molecule has 26 heavy (non-hydrogen) atoms. The van der Waals surface area contributed by atoms with Gasteiger partial charge in [-0.2, -0.15) is 0 Å². The van der Waals surface area contributed by atoms with Crippen LogP contribution in [0.3, 0.4) is 0 Å². The molecule has 0 unspecified atom stereocenters. The Labute approximate surface area is 164 Å². The van der Waals surface area contributed by atoms with E-state index >= 15 is 0 Å². The first-order valence-electron chi connectivity index (χ1n) is 8.62. The Bertz CT molecular complexity index is 633. The van der Waals surface area contributed by atoms with Crippen molar-refractivity contribution in [2.24, 2.45) is 0 Å². The number of hydrogen-bond donors (Lipinski definition) is 2. The van der Waals surface area contributed by atoms with Gasteiger partial charge >= 0.3 is 0 Å². The van der Waals surface area contributed by atoms with Crippen LogP contribution < -0.4 is 10.6 Å². The summed E-state index contributed by atoms with van der Waals surface area (Å²) < 4.78 is 0. The molecular weight excluding hydrogens is 375 g/mol. The van der Waals surface area contributed by atoms with E-state index in [0.717, 1.165) is 26.2 Å². The van der Waals surface area contributed by atoms with Crippen molar-refractivity contribution < 1.29 is 9.59 Å². The molecule has 1 aromatic carbocycles. The minimum absolute atomic E-state index is 0.0292. The van der Waals surface area contributed by atoms with Gasteiger partial charge in [0.15, 0.2) is 0 Å². The molecule has 2 N–H and O–H groups in total. The molecule has 0 radical (unpaired) electrons. The summed E-state index contributed by atoms with van der Waals surface area (Å²) in [7, 11) is 0. The first-order valence-corrected chi connectivity index (χ1v) is 9.38. The SMILES string of the molecule is CC(C)(C)NC(=O)CN1CCN(CC(=O)Nc2cc(Cl)cc(Cl)c2)CC1. The minimum atomic E-state index is -0.222. The van der Waals surface area contributed by atoms with Gasteiger partial charge in [-0.05, 0) is 39.0 Å². The predicted molar refractivity (Wildman–Crippen MR) is 106 cm³/mol. The lowest BCUT2D eigenvalue weighted by Gasteiger charge is -2.34. The number of anilines is 1. The summed E-state index contributed by atoms with van der Waals surface area (Å²) in [6.45, 7) is 9.59. The molecule has 6 nitrogen and oxygen atoms in total. The molecule has 1 saturated heterocycles. The van der Waals surface area contributed by atoms with Crippen LogP contribution in [0.5, 0.6) is 0 Å². The summed E-state index contributed by atoms with van der Waals surface area (Å²) in [5.41, 5.74) is 0.366. The fraction of sp³-hybridized carbons (Fsp3) is 0.556. The number of nitrogens with one attached hydrogen (secondary N) is 2. The topological polar surface area (TPSA) is 64.7 Å². The molecule has 1 fully saturated rings. The molecule has 0 aromatic heterocycles. The van der Waals surface area contributed by atoms with Crippen LogP contribution in [0, 0.1) is 0 Å². The highest BCUT2D eigenvalue weighted by Gasteiger charge is 2.22. The molecular formula is C18H26Cl2N4O2. The molecule has 0 spiro atoms. The number of hydrogen-bond acceptors (Lipinski definition) is 4. The maximum absolute atomic E-state index is 12.2. The van der Waals surface area contributed by atoms with E-state index in [4.69, 9.17) is 23.2 Å². The normalized spacial score (nSPS) is 16.3. The molecule has 144 valence electrons. The van der Waals surface area contributed by atoms with Gasteiger partial charge in [0.1, 0.15) is 0 Å². The van der Waals surface area contributed by atoms with Crippen molar-refractivity contribution in [2.75, 3.05) is 44.6 Å². The summed E-state index contributed by atoms with van der Waals surface area (Å²) in [6, 6.07) is 4.95. The lowest BCUT2D eigenvalue weighted by molar-refractivity contribution is -0.124. The molecule has 1 heterocycles. The van der Waals surface area contributed by atoms with Crippen LogP contribution in [0.1, 0.15) is 20.8 Å². The summed E-state index contributed by atoms with van der Waals surface area (Å²) in [5, 5.41) is 6.74. The molecule has 0 bridgehead atoms. The van der Waals surface area contributed by atoms with Crippen molar-refractivity contribution in [1.29, 1.82) is 0 Å². The Morgan fingerprint density at radius 2 is 1.38 bits per heavy atom. The molecule has 0 aliphatic carbocycles. The fourth-order valence-corrected chi connectivity index (χ4v) is 3.32. The number of amides is 2. The molecule has 8 heteroatoms. The lowest BCUT2D eigenvalue weighted by atomic mass is 10.1. The van der Waals surface area contributed by atoms with E-state index in [-0.39, 0.29) is 17.4 Å². The Kier molecular flexibility index (Phi) is 7.29. The number of benzene rings is 1. The second-order valence-electron chi connectivity index (χ2n) is 7.56. The van der Waals surface area contributed by atoms with Crippen LogP contribution in [0.2, 0.25) is 10.0 Å². The zero-order valence-electron chi connectivity index (χ0n) is 15.4. The van der Waals surface area contributed by atoms with E-state index in [0.29, 0.717) is 28.8 Å². The third-order valence-corrected chi connectivity index (χ3v) is 4.30. The van der Waals surface area contributed by atoms with Gasteiger partial charge in [0.25, 0.3) is 0 Å². The third-order valence-electron chi connectivity index (χ3n) is 3.86. The van der Waals surface area contributed by atoms with E-state index in [1.54, 1.807) is 18.2 Å². The monoisotopic (exact) mass is 400 g/mol. The fourth-order valence-electron chi connectivity index (χ4n) is 2.80. The van der Waals surface area contributed by atoms with Gasteiger partial charge in [-0.25, -0.2) is 0 Å². The summed E-state index contributed by atoms with van der Waals surface area (Å²) in [6.07, 6.45) is 0. The second kappa shape index (κ2) is 9.04. The quantitative estimate of drug-likeness (QED) is 0.796. The summed E-state index contributed by atoms with van der Waals surface area (Å²) in [5.74, 6) is -0.0798. The molecule has 1 aromatic rings. The number of rotatable bonds is 5. The van der Waals surface area contributed by atoms with Gasteiger partial charge < -0.3 is 10.6 Å². The lowest BCUT2D eigenvalue weighted by Crippen LogP contribution is -2.52. The highest BCUT2D eigenvalue weighted by molar-refractivity contribution is 6.35. The van der Waals surface area contributed by atoms with Crippen LogP contribution >= 0.6 is 23.2 Å². The van der Waals surface area contributed by atoms with Crippen molar-refractivity contribution in [3.63, 3.8) is 0 Å². The molecule has 0 saturated carbocycles. The van der Waals surface area contributed by atoms with Crippen molar-refractivity contribution in [3.05, 3.63) is 28.2 Å². The Hall–Kier alpha value is -1.34.